The number of carbonyl (C=O) groups excluding carboxylic acids is 2. The number of amides is 2. The van der Waals surface area contributed by atoms with Gasteiger partial charge in [0.05, 0.1) is 0 Å². The lowest BCUT2D eigenvalue weighted by Crippen LogP contribution is -2.30. The second-order valence-electron chi connectivity index (χ2n) is 3.86. The van der Waals surface area contributed by atoms with E-state index < -0.39 is 0 Å². The summed E-state index contributed by atoms with van der Waals surface area (Å²) in [6, 6.07) is 0. The Morgan fingerprint density at radius 3 is 1.54 bits per heavy atom. The van der Waals surface area contributed by atoms with Crippen LogP contribution in [0.3, 0.4) is 0 Å². The van der Waals surface area contributed by atoms with E-state index in [0.717, 1.165) is 0 Å². The molecule has 0 aliphatic rings. The van der Waals surface area contributed by atoms with Crippen LogP contribution in [0.5, 0.6) is 0 Å². The number of nitrogens with one attached hydrogen (secondary N) is 2. The fraction of sp³-hybridized carbons (Fsp3) is 0.778. The van der Waals surface area contributed by atoms with Crippen molar-refractivity contribution in [3.8, 4) is 0 Å². The van der Waals surface area contributed by atoms with Gasteiger partial charge >= 0.3 is 0 Å². The smallest absolute Gasteiger partial charge is 0.220 e. The van der Waals surface area contributed by atoms with Gasteiger partial charge in [0.15, 0.2) is 0 Å². The lowest BCUT2D eigenvalue weighted by molar-refractivity contribution is -0.125. The molecule has 0 rings (SSSR count). The second-order valence-corrected chi connectivity index (χ2v) is 3.86. The van der Waals surface area contributed by atoms with Crippen molar-refractivity contribution in [2.24, 2.45) is 5.41 Å². The third-order valence-electron chi connectivity index (χ3n) is 1.84. The highest BCUT2D eigenvalue weighted by atomic mass is 16.2. The van der Waals surface area contributed by atoms with Crippen molar-refractivity contribution < 1.29 is 9.59 Å². The zero-order valence-electron chi connectivity index (χ0n) is 8.73. The van der Waals surface area contributed by atoms with E-state index in [-0.39, 0.29) is 17.2 Å². The van der Waals surface area contributed by atoms with E-state index in [1.165, 1.54) is 0 Å². The first-order chi connectivity index (χ1) is 5.91. The maximum atomic E-state index is 11.1. The molecule has 0 saturated carbocycles. The Morgan fingerprint density at radius 2 is 1.31 bits per heavy atom. The quantitative estimate of drug-likeness (QED) is 0.662. The Labute approximate surface area is 79.1 Å². The van der Waals surface area contributed by atoms with Crippen molar-refractivity contribution in [2.45, 2.75) is 26.7 Å². The molecule has 2 amide bonds. The molecule has 0 saturated heterocycles. The Hall–Kier alpha value is -1.06. The molecule has 2 N–H and O–H groups in total. The normalized spacial score (nSPS) is 10.8. The van der Waals surface area contributed by atoms with Crippen molar-refractivity contribution in [3.63, 3.8) is 0 Å². The third-order valence-corrected chi connectivity index (χ3v) is 1.84. The molecule has 0 heterocycles. The summed E-state index contributed by atoms with van der Waals surface area (Å²) in [6.45, 7) is 3.80. The third kappa shape index (κ3) is 5.22. The van der Waals surface area contributed by atoms with Gasteiger partial charge in [0.1, 0.15) is 0 Å². The molecule has 0 spiro atoms. The topological polar surface area (TPSA) is 58.2 Å². The SMILES string of the molecule is CNC(=O)CC(C)(C)CC(=O)NC. The average molecular weight is 186 g/mol. The van der Waals surface area contributed by atoms with Crippen molar-refractivity contribution in [2.75, 3.05) is 14.1 Å². The number of hydrogen-bond donors (Lipinski definition) is 2. The van der Waals surface area contributed by atoms with E-state index in [9.17, 15) is 9.59 Å². The van der Waals surface area contributed by atoms with Crippen LogP contribution in [-0.2, 0) is 9.59 Å². The zero-order chi connectivity index (χ0) is 10.5. The average Bonchev–Trinajstić information content (AvgIpc) is 2.02. The van der Waals surface area contributed by atoms with Gasteiger partial charge in [-0.05, 0) is 5.41 Å². The summed E-state index contributed by atoms with van der Waals surface area (Å²) >= 11 is 0. The molecule has 0 aliphatic heterocycles. The molecule has 0 aromatic rings. The van der Waals surface area contributed by atoms with E-state index in [1.807, 2.05) is 13.8 Å². The second kappa shape index (κ2) is 4.84. The fourth-order valence-corrected chi connectivity index (χ4v) is 1.11. The molecular formula is C9H18N2O2. The van der Waals surface area contributed by atoms with Crippen LogP contribution in [0.4, 0.5) is 0 Å². The standard InChI is InChI=1S/C9H18N2O2/c1-9(2,5-7(12)10-3)6-8(13)11-4/h5-6H2,1-4H3,(H,10,12)(H,11,13). The van der Waals surface area contributed by atoms with Crippen molar-refractivity contribution in [3.05, 3.63) is 0 Å². The lowest BCUT2D eigenvalue weighted by Gasteiger charge is -2.22. The minimum Gasteiger partial charge on any atom is -0.359 e. The molecule has 76 valence electrons. The van der Waals surface area contributed by atoms with Gasteiger partial charge in [-0.1, -0.05) is 13.8 Å². The van der Waals surface area contributed by atoms with Crippen LogP contribution in [0.2, 0.25) is 0 Å². The molecule has 0 aromatic heterocycles. The van der Waals surface area contributed by atoms with Gasteiger partial charge in [-0.25, -0.2) is 0 Å². The van der Waals surface area contributed by atoms with Crippen LogP contribution in [0.15, 0.2) is 0 Å². The van der Waals surface area contributed by atoms with Crippen LogP contribution in [0.25, 0.3) is 0 Å². The van der Waals surface area contributed by atoms with Gasteiger partial charge in [0, 0.05) is 26.9 Å². The van der Waals surface area contributed by atoms with Crippen LogP contribution in [0.1, 0.15) is 26.7 Å². The maximum Gasteiger partial charge on any atom is 0.220 e. The van der Waals surface area contributed by atoms with Crippen LogP contribution in [0, 0.1) is 5.41 Å². The van der Waals surface area contributed by atoms with Crippen LogP contribution >= 0.6 is 0 Å². The highest BCUT2D eigenvalue weighted by molar-refractivity contribution is 5.79. The molecule has 13 heavy (non-hydrogen) atoms. The summed E-state index contributed by atoms with van der Waals surface area (Å²) < 4.78 is 0. The molecule has 4 heteroatoms. The molecule has 0 aliphatic carbocycles. The van der Waals surface area contributed by atoms with Gasteiger partial charge in [0.2, 0.25) is 11.8 Å². The van der Waals surface area contributed by atoms with Crippen molar-refractivity contribution >= 4 is 11.8 Å². The van der Waals surface area contributed by atoms with Crippen molar-refractivity contribution in [1.82, 2.24) is 10.6 Å². The predicted octanol–water partition coefficient (Wildman–Crippen LogP) is 0.285. The summed E-state index contributed by atoms with van der Waals surface area (Å²) in [7, 11) is 3.19. The highest BCUT2D eigenvalue weighted by Crippen LogP contribution is 2.24. The molecule has 4 nitrogen and oxygen atoms in total. The molecule has 0 aromatic carbocycles. The van der Waals surface area contributed by atoms with E-state index in [4.69, 9.17) is 0 Å². The molecule has 0 unspecified atom stereocenters. The number of rotatable bonds is 4. The first-order valence-electron chi connectivity index (χ1n) is 4.32. The zero-order valence-corrected chi connectivity index (χ0v) is 8.73. The van der Waals surface area contributed by atoms with Gasteiger partial charge in [0.25, 0.3) is 0 Å². The summed E-state index contributed by atoms with van der Waals surface area (Å²) in [5.41, 5.74) is -0.278. The van der Waals surface area contributed by atoms with E-state index in [0.29, 0.717) is 12.8 Å². The fourth-order valence-electron chi connectivity index (χ4n) is 1.11. The molecule has 0 atom stereocenters. The van der Waals surface area contributed by atoms with Crippen molar-refractivity contribution in [1.29, 1.82) is 0 Å². The first-order valence-corrected chi connectivity index (χ1v) is 4.32. The Bertz CT molecular complexity index is 180. The van der Waals surface area contributed by atoms with E-state index in [1.54, 1.807) is 14.1 Å². The maximum absolute atomic E-state index is 11.1. The summed E-state index contributed by atoms with van der Waals surface area (Å²) in [6.07, 6.45) is 0.744. The van der Waals surface area contributed by atoms with Crippen LogP contribution < -0.4 is 10.6 Å². The van der Waals surface area contributed by atoms with Gasteiger partial charge in [-0.2, -0.15) is 0 Å². The first kappa shape index (κ1) is 11.9. The molecule has 0 fully saturated rings. The predicted molar refractivity (Wildman–Crippen MR) is 51.1 cm³/mol. The number of hydrogen-bond acceptors (Lipinski definition) is 2. The van der Waals surface area contributed by atoms with Crippen LogP contribution in [-0.4, -0.2) is 25.9 Å². The van der Waals surface area contributed by atoms with Gasteiger partial charge < -0.3 is 10.6 Å². The molecular weight excluding hydrogens is 168 g/mol. The largest absolute Gasteiger partial charge is 0.359 e. The number of carbonyl (C=O) groups is 2. The summed E-state index contributed by atoms with van der Waals surface area (Å²) in [5, 5.41) is 5.08. The highest BCUT2D eigenvalue weighted by Gasteiger charge is 2.24. The van der Waals surface area contributed by atoms with Gasteiger partial charge in [-0.3, -0.25) is 9.59 Å². The summed E-state index contributed by atoms with van der Waals surface area (Å²) in [5.74, 6) is -0.0668. The van der Waals surface area contributed by atoms with E-state index >= 15 is 0 Å². The minimum absolute atomic E-state index is 0.0334. The van der Waals surface area contributed by atoms with E-state index in [2.05, 4.69) is 10.6 Å². The lowest BCUT2D eigenvalue weighted by atomic mass is 9.85. The molecule has 0 bridgehead atoms. The monoisotopic (exact) mass is 186 g/mol. The Morgan fingerprint density at radius 1 is 1.00 bits per heavy atom. The molecule has 0 radical (unpaired) electrons. The minimum atomic E-state index is -0.278. The Balaban J connectivity index is 4.07. The Kier molecular flexibility index (Phi) is 4.45. The van der Waals surface area contributed by atoms with Gasteiger partial charge in [-0.15, -0.1) is 0 Å². The summed E-state index contributed by atoms with van der Waals surface area (Å²) in [4.78, 5) is 22.1.